The lowest BCUT2D eigenvalue weighted by atomic mass is 11.8. The molecule has 2 nitrogen and oxygen atoms in total. The van der Waals surface area contributed by atoms with Crippen molar-refractivity contribution >= 4 is 9.28 Å². The average molecular weight is 123 g/mol. The van der Waals surface area contributed by atoms with E-state index in [9.17, 15) is 4.39 Å². The number of hydrogen-bond donors (Lipinski definition) is 0. The Hall–Kier alpha value is 0.0669. The molecule has 1 radical (unpaired) electrons. The van der Waals surface area contributed by atoms with Crippen molar-refractivity contribution in [1.82, 2.24) is 0 Å². The van der Waals surface area contributed by atoms with Gasteiger partial charge in [-0.1, -0.05) is 0 Å². The molecule has 0 N–H and O–H groups in total. The summed E-state index contributed by atoms with van der Waals surface area (Å²) in [5, 5.41) is 0. The molecule has 0 rings (SSSR count). The first kappa shape index (κ1) is 7.07. The quantitative estimate of drug-likeness (QED) is 0.502. The van der Waals surface area contributed by atoms with E-state index in [1.165, 1.54) is 14.2 Å². The highest BCUT2D eigenvalue weighted by Crippen LogP contribution is 1.82. The summed E-state index contributed by atoms with van der Waals surface area (Å²) in [5.41, 5.74) is 0. The number of rotatable bonds is 3. The Morgan fingerprint density at radius 3 is 1.86 bits per heavy atom. The molecule has 0 aliphatic rings. The maximum Gasteiger partial charge on any atom is 0.418 e. The van der Waals surface area contributed by atoms with Gasteiger partial charge in [-0.25, -0.2) is 4.39 Å². The lowest BCUT2D eigenvalue weighted by molar-refractivity contribution is 0.262. The normalized spacial score (nSPS) is 10.3. The van der Waals surface area contributed by atoms with Gasteiger partial charge in [0.2, 0.25) is 0 Å². The molecule has 0 aromatic heterocycles. The fourth-order valence-electron chi connectivity index (χ4n) is 0.192. The summed E-state index contributed by atoms with van der Waals surface area (Å²) in [7, 11) is 1.35. The Bertz CT molecular complexity index is 34.4. The molecule has 0 heterocycles. The highest BCUT2D eigenvalue weighted by Gasteiger charge is 2.08. The van der Waals surface area contributed by atoms with Gasteiger partial charge in [0.25, 0.3) is 0 Å². The van der Waals surface area contributed by atoms with E-state index in [1.54, 1.807) is 0 Å². The monoisotopic (exact) mass is 123 g/mol. The standard InChI is InChI=1S/C3H8FO2Si/c1-5-7(3-4)6-2/h3H2,1-2H3. The second-order valence-electron chi connectivity index (χ2n) is 0.914. The molecule has 0 aromatic carbocycles. The van der Waals surface area contributed by atoms with Crippen LogP contribution in [0.2, 0.25) is 0 Å². The second-order valence-corrected chi connectivity index (χ2v) is 2.74. The van der Waals surface area contributed by atoms with Crippen LogP contribution in [-0.4, -0.2) is 29.8 Å². The third-order valence-corrected chi connectivity index (χ3v) is 1.69. The number of hydrogen-bond acceptors (Lipinski definition) is 2. The van der Waals surface area contributed by atoms with E-state index in [4.69, 9.17) is 0 Å². The molecule has 0 atom stereocenters. The average Bonchev–Trinajstić information content (AvgIpc) is 1.72. The van der Waals surface area contributed by atoms with Gasteiger partial charge >= 0.3 is 9.28 Å². The van der Waals surface area contributed by atoms with Gasteiger partial charge in [0, 0.05) is 14.2 Å². The van der Waals surface area contributed by atoms with Crippen LogP contribution in [-0.2, 0) is 8.85 Å². The van der Waals surface area contributed by atoms with Gasteiger partial charge in [0.15, 0.2) is 0 Å². The third-order valence-electron chi connectivity index (χ3n) is 0.564. The van der Waals surface area contributed by atoms with Crippen LogP contribution in [0.15, 0.2) is 0 Å². The third kappa shape index (κ3) is 2.73. The molecule has 4 heteroatoms. The van der Waals surface area contributed by atoms with Crippen LogP contribution in [0.25, 0.3) is 0 Å². The zero-order valence-corrected chi connectivity index (χ0v) is 5.40. The molecule has 0 aliphatic carbocycles. The summed E-state index contributed by atoms with van der Waals surface area (Å²) >= 11 is 0. The lowest BCUT2D eigenvalue weighted by Crippen LogP contribution is -2.21. The second kappa shape index (κ2) is 4.23. The predicted molar refractivity (Wildman–Crippen MR) is 25.7 cm³/mol. The largest absolute Gasteiger partial charge is 0.418 e. The first-order valence-corrected chi connectivity index (χ1v) is 3.37. The van der Waals surface area contributed by atoms with Gasteiger partial charge in [0.05, 0.1) is 0 Å². The van der Waals surface area contributed by atoms with Crippen LogP contribution in [0.1, 0.15) is 0 Å². The van der Waals surface area contributed by atoms with Crippen LogP contribution in [0, 0.1) is 0 Å². The van der Waals surface area contributed by atoms with Crippen LogP contribution in [0.4, 0.5) is 4.39 Å². The van der Waals surface area contributed by atoms with Gasteiger partial charge < -0.3 is 8.85 Å². The molecule has 0 aromatic rings. The zero-order chi connectivity index (χ0) is 5.70. The Morgan fingerprint density at radius 1 is 1.43 bits per heavy atom. The number of alkyl halides is 1. The summed E-state index contributed by atoms with van der Waals surface area (Å²) in [4.78, 5) is 0. The predicted octanol–water partition coefficient (Wildman–Crippen LogP) is 0.276. The molecule has 0 saturated heterocycles. The van der Waals surface area contributed by atoms with Crippen molar-refractivity contribution in [2.45, 2.75) is 0 Å². The van der Waals surface area contributed by atoms with Gasteiger partial charge in [-0.15, -0.1) is 0 Å². The molecule has 0 unspecified atom stereocenters. The van der Waals surface area contributed by atoms with Crippen molar-refractivity contribution in [2.24, 2.45) is 0 Å². The van der Waals surface area contributed by atoms with Gasteiger partial charge in [-0.2, -0.15) is 0 Å². The molecule has 0 fully saturated rings. The highest BCUT2D eigenvalue weighted by molar-refractivity contribution is 6.43. The van der Waals surface area contributed by atoms with E-state index in [2.05, 4.69) is 8.85 Å². The van der Waals surface area contributed by atoms with Crippen molar-refractivity contribution in [3.8, 4) is 0 Å². The van der Waals surface area contributed by atoms with E-state index < -0.39 is 15.6 Å². The van der Waals surface area contributed by atoms with E-state index in [-0.39, 0.29) is 0 Å². The van der Waals surface area contributed by atoms with E-state index in [0.29, 0.717) is 0 Å². The number of halogens is 1. The van der Waals surface area contributed by atoms with Crippen LogP contribution in [0.5, 0.6) is 0 Å². The van der Waals surface area contributed by atoms with Crippen molar-refractivity contribution in [2.75, 3.05) is 20.5 Å². The zero-order valence-electron chi connectivity index (χ0n) is 4.40. The highest BCUT2D eigenvalue weighted by atomic mass is 28.3. The Kier molecular flexibility index (Phi) is 4.27. The minimum Gasteiger partial charge on any atom is -0.395 e. The van der Waals surface area contributed by atoms with Crippen molar-refractivity contribution in [3.05, 3.63) is 0 Å². The minimum absolute atomic E-state index is 0.488. The van der Waals surface area contributed by atoms with E-state index in [1.807, 2.05) is 0 Å². The van der Waals surface area contributed by atoms with Crippen LogP contribution < -0.4 is 0 Å². The molecule has 0 amide bonds. The summed E-state index contributed by atoms with van der Waals surface area (Å²) < 4.78 is 20.6. The maximum atomic E-state index is 11.5. The topological polar surface area (TPSA) is 18.5 Å². The fraction of sp³-hybridized carbons (Fsp3) is 1.00. The molecule has 0 saturated carbocycles. The summed E-state index contributed by atoms with van der Waals surface area (Å²) in [6.07, 6.45) is -0.488. The molecular weight excluding hydrogens is 115 g/mol. The smallest absolute Gasteiger partial charge is 0.395 e. The first-order valence-electron chi connectivity index (χ1n) is 1.85. The Balaban J connectivity index is 2.99. The van der Waals surface area contributed by atoms with Gasteiger partial charge in [-0.3, -0.25) is 0 Å². The maximum absolute atomic E-state index is 11.5. The van der Waals surface area contributed by atoms with Crippen molar-refractivity contribution in [1.29, 1.82) is 0 Å². The molecule has 0 bridgehead atoms. The first-order chi connectivity index (χ1) is 3.35. The van der Waals surface area contributed by atoms with Crippen LogP contribution >= 0.6 is 0 Å². The molecule has 0 aliphatic heterocycles. The molecule has 0 spiro atoms. The van der Waals surface area contributed by atoms with E-state index in [0.717, 1.165) is 0 Å². The summed E-state index contributed by atoms with van der Waals surface area (Å²) in [5.74, 6) is 0. The summed E-state index contributed by atoms with van der Waals surface area (Å²) in [6, 6.07) is 0. The van der Waals surface area contributed by atoms with Gasteiger partial charge in [-0.05, 0) is 0 Å². The molecular formula is C3H8FO2Si. The lowest BCUT2D eigenvalue weighted by Gasteiger charge is -2.01. The Labute approximate surface area is 44.1 Å². The minimum atomic E-state index is -1.53. The summed E-state index contributed by atoms with van der Waals surface area (Å²) in [6.45, 7) is 0. The molecule has 43 valence electrons. The van der Waals surface area contributed by atoms with Crippen LogP contribution in [0.3, 0.4) is 0 Å². The molecule has 7 heavy (non-hydrogen) atoms. The van der Waals surface area contributed by atoms with E-state index >= 15 is 0 Å². The fourth-order valence-corrected chi connectivity index (χ4v) is 0.577. The van der Waals surface area contributed by atoms with Gasteiger partial charge in [0.1, 0.15) is 6.30 Å². The van der Waals surface area contributed by atoms with Crippen molar-refractivity contribution < 1.29 is 13.2 Å². The van der Waals surface area contributed by atoms with Crippen molar-refractivity contribution in [3.63, 3.8) is 0 Å². The SMILES string of the molecule is CO[Si](CF)OC. The Morgan fingerprint density at radius 2 is 1.86 bits per heavy atom.